The minimum absolute atomic E-state index is 0.0108. The molecule has 0 aromatic heterocycles. The van der Waals surface area contributed by atoms with Crippen LogP contribution in [0.4, 0.5) is 0 Å². The smallest absolute Gasteiger partial charge is 0.221 e. The number of rotatable bonds is 7. The van der Waals surface area contributed by atoms with Crippen molar-refractivity contribution in [3.63, 3.8) is 0 Å². The van der Waals surface area contributed by atoms with E-state index in [1.807, 2.05) is 6.92 Å². The Morgan fingerprint density at radius 3 is 2.77 bits per heavy atom. The molecule has 0 aliphatic rings. The van der Waals surface area contributed by atoms with Gasteiger partial charge >= 0.3 is 0 Å². The Morgan fingerprint density at radius 1 is 1.62 bits per heavy atom. The summed E-state index contributed by atoms with van der Waals surface area (Å²) in [5, 5.41) is 14.2. The standard InChI is InChI=1S/C8H19N3O2/c1-2-10-8(13)5-7(6-9)11-3-4-12/h7,11-12H,2-6,9H2,1H3,(H,10,13). The fourth-order valence-corrected chi connectivity index (χ4v) is 1.00. The first-order chi connectivity index (χ1) is 6.24. The van der Waals surface area contributed by atoms with Crippen LogP contribution in [-0.4, -0.2) is 43.3 Å². The monoisotopic (exact) mass is 189 g/mol. The van der Waals surface area contributed by atoms with E-state index in [4.69, 9.17) is 10.8 Å². The lowest BCUT2D eigenvalue weighted by Gasteiger charge is -2.15. The number of carbonyl (C=O) groups is 1. The number of hydrogen-bond acceptors (Lipinski definition) is 4. The number of nitrogens with two attached hydrogens (primary N) is 1. The van der Waals surface area contributed by atoms with Gasteiger partial charge in [0.15, 0.2) is 0 Å². The summed E-state index contributed by atoms with van der Waals surface area (Å²) in [7, 11) is 0. The molecular formula is C8H19N3O2. The molecule has 5 nitrogen and oxygen atoms in total. The number of hydrogen-bond donors (Lipinski definition) is 4. The van der Waals surface area contributed by atoms with Gasteiger partial charge in [0.25, 0.3) is 0 Å². The van der Waals surface area contributed by atoms with E-state index in [-0.39, 0.29) is 18.6 Å². The third-order valence-corrected chi connectivity index (χ3v) is 1.64. The van der Waals surface area contributed by atoms with Gasteiger partial charge in [-0.2, -0.15) is 0 Å². The molecule has 0 spiro atoms. The molecule has 0 bridgehead atoms. The third kappa shape index (κ3) is 6.51. The fraction of sp³-hybridized carbons (Fsp3) is 0.875. The zero-order valence-corrected chi connectivity index (χ0v) is 8.05. The average molecular weight is 189 g/mol. The van der Waals surface area contributed by atoms with E-state index in [1.165, 1.54) is 0 Å². The SMILES string of the molecule is CCNC(=O)CC(CN)NCCO. The number of aliphatic hydroxyl groups excluding tert-OH is 1. The van der Waals surface area contributed by atoms with Gasteiger partial charge in [-0.3, -0.25) is 4.79 Å². The van der Waals surface area contributed by atoms with Crippen LogP contribution in [0.2, 0.25) is 0 Å². The highest BCUT2D eigenvalue weighted by atomic mass is 16.3. The topological polar surface area (TPSA) is 87.4 Å². The minimum atomic E-state index is -0.0429. The van der Waals surface area contributed by atoms with E-state index in [9.17, 15) is 4.79 Å². The minimum Gasteiger partial charge on any atom is -0.395 e. The summed E-state index contributed by atoms with van der Waals surface area (Å²) in [6, 6.07) is -0.0429. The molecule has 5 heteroatoms. The van der Waals surface area contributed by atoms with Gasteiger partial charge in [0, 0.05) is 32.1 Å². The maximum absolute atomic E-state index is 11.1. The first kappa shape index (κ1) is 12.3. The highest BCUT2D eigenvalue weighted by Crippen LogP contribution is 1.88. The Kier molecular flexibility index (Phi) is 7.57. The van der Waals surface area contributed by atoms with E-state index >= 15 is 0 Å². The van der Waals surface area contributed by atoms with Crippen molar-refractivity contribution in [3.8, 4) is 0 Å². The molecule has 0 saturated heterocycles. The van der Waals surface area contributed by atoms with Gasteiger partial charge < -0.3 is 21.5 Å². The van der Waals surface area contributed by atoms with E-state index in [0.717, 1.165) is 0 Å². The van der Waals surface area contributed by atoms with Gasteiger partial charge in [0.2, 0.25) is 5.91 Å². The second kappa shape index (κ2) is 7.97. The lowest BCUT2D eigenvalue weighted by Crippen LogP contribution is -2.41. The molecule has 5 N–H and O–H groups in total. The van der Waals surface area contributed by atoms with Crippen molar-refractivity contribution in [1.82, 2.24) is 10.6 Å². The lowest BCUT2D eigenvalue weighted by atomic mass is 10.2. The number of aliphatic hydroxyl groups is 1. The maximum Gasteiger partial charge on any atom is 0.221 e. The first-order valence-corrected chi connectivity index (χ1v) is 4.55. The molecule has 0 aliphatic heterocycles. The van der Waals surface area contributed by atoms with Crippen molar-refractivity contribution in [2.45, 2.75) is 19.4 Å². The molecule has 78 valence electrons. The summed E-state index contributed by atoms with van der Waals surface area (Å²) in [6.07, 6.45) is 0.365. The highest BCUT2D eigenvalue weighted by Gasteiger charge is 2.09. The molecule has 0 aromatic carbocycles. The Hall–Kier alpha value is -0.650. The normalized spacial score (nSPS) is 12.5. The van der Waals surface area contributed by atoms with Crippen LogP contribution >= 0.6 is 0 Å². The predicted octanol–water partition coefficient (Wildman–Crippen LogP) is -1.58. The van der Waals surface area contributed by atoms with Crippen molar-refractivity contribution < 1.29 is 9.90 Å². The van der Waals surface area contributed by atoms with Gasteiger partial charge in [0.1, 0.15) is 0 Å². The molecule has 0 radical (unpaired) electrons. The summed E-state index contributed by atoms with van der Waals surface area (Å²) >= 11 is 0. The van der Waals surface area contributed by atoms with Crippen molar-refractivity contribution in [2.24, 2.45) is 5.73 Å². The van der Waals surface area contributed by atoms with Gasteiger partial charge in [0.05, 0.1) is 6.61 Å². The van der Waals surface area contributed by atoms with Gasteiger partial charge in [-0.1, -0.05) is 0 Å². The third-order valence-electron chi connectivity index (χ3n) is 1.64. The molecule has 0 rings (SSSR count). The zero-order chi connectivity index (χ0) is 10.1. The van der Waals surface area contributed by atoms with Crippen molar-refractivity contribution >= 4 is 5.91 Å². The summed E-state index contributed by atoms with van der Waals surface area (Å²) < 4.78 is 0. The second-order valence-corrected chi connectivity index (χ2v) is 2.77. The summed E-state index contributed by atoms with van der Waals surface area (Å²) in [6.45, 7) is 3.44. The van der Waals surface area contributed by atoms with Crippen LogP contribution in [0.3, 0.4) is 0 Å². The van der Waals surface area contributed by atoms with Gasteiger partial charge in [-0.05, 0) is 6.92 Å². The van der Waals surface area contributed by atoms with Gasteiger partial charge in [-0.25, -0.2) is 0 Å². The molecule has 0 fully saturated rings. The van der Waals surface area contributed by atoms with E-state index in [1.54, 1.807) is 0 Å². The average Bonchev–Trinajstić information content (AvgIpc) is 2.12. The molecule has 0 aromatic rings. The van der Waals surface area contributed by atoms with E-state index < -0.39 is 0 Å². The Morgan fingerprint density at radius 2 is 2.31 bits per heavy atom. The Bertz CT molecular complexity index is 141. The van der Waals surface area contributed by atoms with Crippen molar-refractivity contribution in [1.29, 1.82) is 0 Å². The molecule has 1 atom stereocenters. The van der Waals surface area contributed by atoms with Crippen LogP contribution in [0, 0.1) is 0 Å². The lowest BCUT2D eigenvalue weighted by molar-refractivity contribution is -0.121. The highest BCUT2D eigenvalue weighted by molar-refractivity contribution is 5.76. The maximum atomic E-state index is 11.1. The predicted molar refractivity (Wildman–Crippen MR) is 51.2 cm³/mol. The zero-order valence-electron chi connectivity index (χ0n) is 8.05. The number of amides is 1. The largest absolute Gasteiger partial charge is 0.395 e. The molecule has 0 aliphatic carbocycles. The molecular weight excluding hydrogens is 170 g/mol. The van der Waals surface area contributed by atoms with Crippen molar-refractivity contribution in [2.75, 3.05) is 26.2 Å². The van der Waals surface area contributed by atoms with Crippen LogP contribution in [0.25, 0.3) is 0 Å². The molecule has 0 saturated carbocycles. The van der Waals surface area contributed by atoms with E-state index in [2.05, 4.69) is 10.6 Å². The molecule has 13 heavy (non-hydrogen) atoms. The quantitative estimate of drug-likeness (QED) is 0.389. The fourth-order valence-electron chi connectivity index (χ4n) is 1.00. The number of carbonyl (C=O) groups excluding carboxylic acids is 1. The summed E-state index contributed by atoms with van der Waals surface area (Å²) in [5.41, 5.74) is 5.43. The van der Waals surface area contributed by atoms with E-state index in [0.29, 0.717) is 26.1 Å². The summed E-state index contributed by atoms with van der Waals surface area (Å²) in [4.78, 5) is 11.1. The molecule has 1 unspecified atom stereocenters. The first-order valence-electron chi connectivity index (χ1n) is 4.55. The summed E-state index contributed by atoms with van der Waals surface area (Å²) in [5.74, 6) is -0.0108. The van der Waals surface area contributed by atoms with Gasteiger partial charge in [-0.15, -0.1) is 0 Å². The van der Waals surface area contributed by atoms with Crippen molar-refractivity contribution in [3.05, 3.63) is 0 Å². The molecule has 1 amide bonds. The van der Waals surface area contributed by atoms with Crippen LogP contribution in [0.5, 0.6) is 0 Å². The van der Waals surface area contributed by atoms with Crippen LogP contribution < -0.4 is 16.4 Å². The number of nitrogens with one attached hydrogen (secondary N) is 2. The van der Waals surface area contributed by atoms with Crippen LogP contribution in [0.1, 0.15) is 13.3 Å². The molecule has 0 heterocycles. The van der Waals surface area contributed by atoms with Crippen LogP contribution in [-0.2, 0) is 4.79 Å². The van der Waals surface area contributed by atoms with Crippen LogP contribution in [0.15, 0.2) is 0 Å². The Labute approximate surface area is 78.7 Å². The second-order valence-electron chi connectivity index (χ2n) is 2.77. The Balaban J connectivity index is 3.62.